The molecule has 0 aliphatic carbocycles. The van der Waals surface area contributed by atoms with Crippen molar-refractivity contribution in [2.45, 2.75) is 52.6 Å². The molecule has 1 aromatic heterocycles. The Labute approximate surface area is 116 Å². The van der Waals surface area contributed by atoms with Crippen LogP contribution in [-0.4, -0.2) is 31.3 Å². The third-order valence-electron chi connectivity index (χ3n) is 3.19. The first kappa shape index (κ1) is 15.9. The molecule has 0 saturated carbocycles. The van der Waals surface area contributed by atoms with E-state index in [9.17, 15) is 20.0 Å². The zero-order chi connectivity index (χ0) is 15.5. The molecule has 0 bridgehead atoms. The van der Waals surface area contributed by atoms with Crippen molar-refractivity contribution in [3.8, 4) is 0 Å². The largest absolute Gasteiger partial charge is 0.480 e. The molecule has 0 radical (unpaired) electrons. The Morgan fingerprint density at radius 1 is 1.55 bits per heavy atom. The fourth-order valence-corrected chi connectivity index (χ4v) is 2.13. The second kappa shape index (κ2) is 5.89. The Morgan fingerprint density at radius 3 is 2.55 bits per heavy atom. The van der Waals surface area contributed by atoms with Gasteiger partial charge in [-0.3, -0.25) is 10.1 Å². The number of carbonyl (C=O) groups is 1. The van der Waals surface area contributed by atoms with Gasteiger partial charge in [-0.25, -0.2) is 9.48 Å². The first-order valence-corrected chi connectivity index (χ1v) is 6.50. The SMILES string of the molecule is CCCC(C)(Nc1c([N+](=O)[O-])c(C)nn1CC)C(=O)O. The van der Waals surface area contributed by atoms with E-state index in [1.165, 1.54) is 18.5 Å². The van der Waals surface area contributed by atoms with Crippen LogP contribution in [0.3, 0.4) is 0 Å². The summed E-state index contributed by atoms with van der Waals surface area (Å²) in [4.78, 5) is 22.1. The highest BCUT2D eigenvalue weighted by Crippen LogP contribution is 2.31. The zero-order valence-electron chi connectivity index (χ0n) is 12.1. The van der Waals surface area contributed by atoms with Crippen molar-refractivity contribution in [3.63, 3.8) is 0 Å². The van der Waals surface area contributed by atoms with E-state index in [1.54, 1.807) is 6.92 Å². The fraction of sp³-hybridized carbons (Fsp3) is 0.667. The quantitative estimate of drug-likeness (QED) is 0.586. The summed E-state index contributed by atoms with van der Waals surface area (Å²) >= 11 is 0. The van der Waals surface area contributed by atoms with E-state index < -0.39 is 16.4 Å². The summed E-state index contributed by atoms with van der Waals surface area (Å²) < 4.78 is 1.42. The number of nitrogens with one attached hydrogen (secondary N) is 1. The first-order valence-electron chi connectivity index (χ1n) is 6.50. The maximum atomic E-state index is 11.4. The Balaban J connectivity index is 3.31. The predicted octanol–water partition coefficient (Wildman–Crippen LogP) is 2.17. The van der Waals surface area contributed by atoms with Gasteiger partial charge in [-0.05, 0) is 27.2 Å². The Bertz CT molecular complexity index is 526. The lowest BCUT2D eigenvalue weighted by molar-refractivity contribution is -0.384. The maximum Gasteiger partial charge on any atom is 0.333 e. The monoisotopic (exact) mass is 284 g/mol. The van der Waals surface area contributed by atoms with Gasteiger partial charge in [-0.2, -0.15) is 5.10 Å². The summed E-state index contributed by atoms with van der Waals surface area (Å²) in [6.45, 7) is 7.12. The van der Waals surface area contributed by atoms with Crippen LogP contribution in [0, 0.1) is 17.0 Å². The van der Waals surface area contributed by atoms with Crippen LogP contribution in [0.5, 0.6) is 0 Å². The first-order chi connectivity index (χ1) is 9.26. The fourth-order valence-electron chi connectivity index (χ4n) is 2.13. The van der Waals surface area contributed by atoms with Crippen molar-refractivity contribution in [3.05, 3.63) is 15.8 Å². The molecule has 1 atom stereocenters. The average Bonchev–Trinajstić information content (AvgIpc) is 2.65. The topological polar surface area (TPSA) is 110 Å². The highest BCUT2D eigenvalue weighted by molar-refractivity contribution is 5.83. The number of anilines is 1. The molecule has 0 fully saturated rings. The van der Waals surface area contributed by atoms with Crippen molar-refractivity contribution in [1.82, 2.24) is 9.78 Å². The smallest absolute Gasteiger partial charge is 0.333 e. The van der Waals surface area contributed by atoms with E-state index in [4.69, 9.17) is 0 Å². The minimum atomic E-state index is -1.26. The maximum absolute atomic E-state index is 11.4. The molecule has 0 spiro atoms. The molecule has 0 aliphatic heterocycles. The van der Waals surface area contributed by atoms with Gasteiger partial charge in [0.15, 0.2) is 0 Å². The molecule has 1 heterocycles. The molecule has 2 N–H and O–H groups in total. The van der Waals surface area contributed by atoms with Gasteiger partial charge in [0.1, 0.15) is 11.2 Å². The van der Waals surface area contributed by atoms with Gasteiger partial charge in [0.2, 0.25) is 5.82 Å². The number of rotatable bonds is 7. The van der Waals surface area contributed by atoms with Gasteiger partial charge in [0, 0.05) is 6.54 Å². The number of carboxylic acids is 1. The molecule has 1 unspecified atom stereocenters. The highest BCUT2D eigenvalue weighted by Gasteiger charge is 2.36. The van der Waals surface area contributed by atoms with E-state index in [-0.39, 0.29) is 17.2 Å². The third-order valence-corrected chi connectivity index (χ3v) is 3.19. The van der Waals surface area contributed by atoms with Crippen LogP contribution in [0.2, 0.25) is 0 Å². The van der Waals surface area contributed by atoms with Crippen LogP contribution in [0.15, 0.2) is 0 Å². The van der Waals surface area contributed by atoms with Gasteiger partial charge in [-0.1, -0.05) is 13.3 Å². The number of nitro groups is 1. The lowest BCUT2D eigenvalue weighted by Crippen LogP contribution is -2.44. The minimum Gasteiger partial charge on any atom is -0.480 e. The van der Waals surface area contributed by atoms with Crippen LogP contribution in [-0.2, 0) is 11.3 Å². The molecular weight excluding hydrogens is 264 g/mol. The van der Waals surface area contributed by atoms with Crippen molar-refractivity contribution in [1.29, 1.82) is 0 Å². The van der Waals surface area contributed by atoms with Crippen LogP contribution in [0.4, 0.5) is 11.5 Å². The van der Waals surface area contributed by atoms with Crippen LogP contribution < -0.4 is 5.32 Å². The van der Waals surface area contributed by atoms with Gasteiger partial charge in [-0.15, -0.1) is 0 Å². The van der Waals surface area contributed by atoms with Gasteiger partial charge in [0.25, 0.3) is 0 Å². The zero-order valence-corrected chi connectivity index (χ0v) is 12.1. The molecule has 1 aromatic rings. The normalized spacial score (nSPS) is 13.8. The lowest BCUT2D eigenvalue weighted by atomic mass is 9.96. The summed E-state index contributed by atoms with van der Waals surface area (Å²) in [6.07, 6.45) is 0.996. The number of nitrogens with zero attached hydrogens (tertiary/aromatic N) is 3. The Hall–Kier alpha value is -2.12. The van der Waals surface area contributed by atoms with Gasteiger partial charge < -0.3 is 10.4 Å². The van der Waals surface area contributed by atoms with Crippen molar-refractivity contribution >= 4 is 17.5 Å². The number of carboxylic acid groups (broad SMARTS) is 1. The molecule has 8 heteroatoms. The second-order valence-corrected chi connectivity index (χ2v) is 4.87. The Kier molecular flexibility index (Phi) is 4.69. The van der Waals surface area contributed by atoms with Crippen LogP contribution in [0.25, 0.3) is 0 Å². The molecule has 0 aliphatic rings. The third kappa shape index (κ3) is 2.89. The van der Waals surface area contributed by atoms with E-state index in [1.807, 2.05) is 6.92 Å². The molecule has 0 amide bonds. The molecule has 20 heavy (non-hydrogen) atoms. The average molecular weight is 284 g/mol. The molecule has 112 valence electrons. The number of aromatic nitrogens is 2. The second-order valence-electron chi connectivity index (χ2n) is 4.87. The molecular formula is C12H20N4O4. The van der Waals surface area contributed by atoms with E-state index >= 15 is 0 Å². The van der Waals surface area contributed by atoms with Crippen molar-refractivity contribution < 1.29 is 14.8 Å². The molecule has 0 aromatic carbocycles. The predicted molar refractivity (Wildman–Crippen MR) is 73.9 cm³/mol. The summed E-state index contributed by atoms with van der Waals surface area (Å²) in [5, 5.41) is 27.4. The summed E-state index contributed by atoms with van der Waals surface area (Å²) in [7, 11) is 0. The van der Waals surface area contributed by atoms with Crippen molar-refractivity contribution in [2.24, 2.45) is 0 Å². The number of aryl methyl sites for hydroxylation is 2. The van der Waals surface area contributed by atoms with E-state index in [0.717, 1.165) is 0 Å². The summed E-state index contributed by atoms with van der Waals surface area (Å²) in [5.41, 5.74) is -1.17. The van der Waals surface area contributed by atoms with Crippen LogP contribution >= 0.6 is 0 Å². The molecule has 0 saturated heterocycles. The number of hydrogen-bond donors (Lipinski definition) is 2. The number of aliphatic carboxylic acids is 1. The van der Waals surface area contributed by atoms with Crippen LogP contribution in [0.1, 0.15) is 39.3 Å². The minimum absolute atomic E-state index is 0.147. The van der Waals surface area contributed by atoms with Crippen molar-refractivity contribution in [2.75, 3.05) is 5.32 Å². The van der Waals surface area contributed by atoms with Gasteiger partial charge >= 0.3 is 11.7 Å². The summed E-state index contributed by atoms with van der Waals surface area (Å²) in [5.74, 6) is -0.900. The molecule has 8 nitrogen and oxygen atoms in total. The Morgan fingerprint density at radius 2 is 2.15 bits per heavy atom. The van der Waals surface area contributed by atoms with E-state index in [2.05, 4.69) is 10.4 Å². The summed E-state index contributed by atoms with van der Waals surface area (Å²) in [6, 6.07) is 0. The van der Waals surface area contributed by atoms with E-state index in [0.29, 0.717) is 19.4 Å². The lowest BCUT2D eigenvalue weighted by Gasteiger charge is -2.26. The standard InChI is InChI=1S/C12H20N4O4/c1-5-7-12(4,11(17)18)13-10-9(16(19)20)8(3)14-15(10)6-2/h13H,5-7H2,1-4H3,(H,17,18). The van der Waals surface area contributed by atoms with Gasteiger partial charge in [0.05, 0.1) is 4.92 Å². The highest BCUT2D eigenvalue weighted by atomic mass is 16.6. The number of hydrogen-bond acceptors (Lipinski definition) is 5. The molecule has 1 rings (SSSR count).